The van der Waals surface area contributed by atoms with Gasteiger partial charge in [0.05, 0.1) is 0 Å². The average molecular weight is 434 g/mol. The van der Waals surface area contributed by atoms with Crippen LogP contribution in [0.3, 0.4) is 0 Å². The van der Waals surface area contributed by atoms with Crippen LogP contribution in [0, 0.1) is 0 Å². The summed E-state index contributed by atoms with van der Waals surface area (Å²) in [5, 5.41) is 13.2. The van der Waals surface area contributed by atoms with Crippen molar-refractivity contribution in [2.75, 3.05) is 18.8 Å². The highest BCUT2D eigenvalue weighted by Gasteiger charge is 2.24. The maximum Gasteiger partial charge on any atom is 0.233 e. The number of aromatic nitrogens is 4. The van der Waals surface area contributed by atoms with E-state index >= 15 is 0 Å². The van der Waals surface area contributed by atoms with Gasteiger partial charge in [-0.05, 0) is 31.4 Å². The van der Waals surface area contributed by atoms with Crippen LogP contribution in [-0.4, -0.2) is 61.0 Å². The van der Waals surface area contributed by atoms with E-state index in [-0.39, 0.29) is 6.10 Å². The number of likely N-dealkylation sites (tertiary alicyclic amines) is 1. The second-order valence-corrected chi connectivity index (χ2v) is 10.2. The van der Waals surface area contributed by atoms with E-state index in [1.165, 1.54) is 18.6 Å². The Bertz CT molecular complexity index is 758. The molecule has 2 fully saturated rings. The van der Waals surface area contributed by atoms with Crippen LogP contribution in [0.25, 0.3) is 5.82 Å². The van der Waals surface area contributed by atoms with Gasteiger partial charge >= 0.3 is 0 Å². The van der Waals surface area contributed by atoms with Gasteiger partial charge in [0, 0.05) is 61.8 Å². The summed E-state index contributed by atoms with van der Waals surface area (Å²) in [6, 6.07) is 5.51. The van der Waals surface area contributed by atoms with Gasteiger partial charge in [-0.15, -0.1) is 10.2 Å². The number of carbonyl (C=O) groups is 1. The smallest absolute Gasteiger partial charge is 0.233 e. The molecular weight excluding hydrogens is 406 g/mol. The van der Waals surface area contributed by atoms with E-state index in [0.29, 0.717) is 24.0 Å². The van der Waals surface area contributed by atoms with E-state index in [2.05, 4.69) is 15.3 Å². The summed E-state index contributed by atoms with van der Waals surface area (Å²) in [5.74, 6) is 2.76. The second-order valence-electron chi connectivity index (χ2n) is 7.45. The van der Waals surface area contributed by atoms with Gasteiger partial charge in [-0.3, -0.25) is 4.79 Å². The normalized spacial score (nSPS) is 20.1. The number of rotatable bonds is 8. The molecule has 1 amide bonds. The minimum absolute atomic E-state index is 0.0841. The van der Waals surface area contributed by atoms with Crippen molar-refractivity contribution in [3.63, 3.8) is 0 Å². The molecule has 2 aliphatic heterocycles. The number of hydrogen-bond donors (Lipinski definition) is 0. The molecule has 0 spiro atoms. The summed E-state index contributed by atoms with van der Waals surface area (Å²) in [5.41, 5.74) is 0. The number of ether oxygens (including phenoxy) is 1. The van der Waals surface area contributed by atoms with Gasteiger partial charge in [0.25, 0.3) is 0 Å². The van der Waals surface area contributed by atoms with E-state index in [1.807, 2.05) is 50.9 Å². The number of amides is 1. The first-order chi connectivity index (χ1) is 14.3. The lowest BCUT2D eigenvalue weighted by Crippen LogP contribution is -2.41. The first kappa shape index (κ1) is 20.5. The highest BCUT2D eigenvalue weighted by atomic mass is 33.1. The molecule has 9 heteroatoms. The van der Waals surface area contributed by atoms with Gasteiger partial charge in [0.2, 0.25) is 11.8 Å². The monoisotopic (exact) mass is 433 g/mol. The second kappa shape index (κ2) is 10.3. The fourth-order valence-electron chi connectivity index (χ4n) is 3.67. The Morgan fingerprint density at radius 1 is 1.17 bits per heavy atom. The maximum atomic E-state index is 12.5. The first-order valence-electron chi connectivity index (χ1n) is 10.3. The van der Waals surface area contributed by atoms with Gasteiger partial charge in [0.15, 0.2) is 5.82 Å². The van der Waals surface area contributed by atoms with E-state index < -0.39 is 0 Å². The fraction of sp³-hybridized carbons (Fsp3) is 0.600. The summed E-state index contributed by atoms with van der Waals surface area (Å²) < 4.78 is 7.62. The van der Waals surface area contributed by atoms with Crippen LogP contribution in [-0.2, 0) is 4.79 Å². The Labute approximate surface area is 179 Å². The van der Waals surface area contributed by atoms with Crippen LogP contribution in [0.4, 0.5) is 0 Å². The minimum atomic E-state index is 0.0841. The lowest BCUT2D eigenvalue weighted by Gasteiger charge is -2.32. The number of piperidine rings is 1. The topological polar surface area (TPSA) is 73.1 Å². The molecule has 0 bridgehead atoms. The van der Waals surface area contributed by atoms with Crippen molar-refractivity contribution in [1.82, 2.24) is 24.9 Å². The first-order valence-corrected chi connectivity index (χ1v) is 12.7. The lowest BCUT2D eigenvalue weighted by atomic mass is 10.1. The van der Waals surface area contributed by atoms with Gasteiger partial charge in [0.1, 0.15) is 6.10 Å². The molecule has 0 saturated carbocycles. The van der Waals surface area contributed by atoms with E-state index in [9.17, 15) is 4.79 Å². The van der Waals surface area contributed by atoms with Crippen molar-refractivity contribution < 1.29 is 9.53 Å². The molecule has 2 aliphatic rings. The molecule has 2 saturated heterocycles. The van der Waals surface area contributed by atoms with Crippen LogP contribution in [0.5, 0.6) is 5.88 Å². The molecule has 4 rings (SSSR count). The van der Waals surface area contributed by atoms with E-state index in [1.54, 1.807) is 10.9 Å². The van der Waals surface area contributed by atoms with Gasteiger partial charge < -0.3 is 9.64 Å². The SMILES string of the molecule is O=C(CCCCC1CCSS1)N1CCC(Oc2ccc(-n3cccn3)nn2)CC1. The Kier molecular flexibility index (Phi) is 7.32. The molecule has 29 heavy (non-hydrogen) atoms. The Hall–Kier alpha value is -1.74. The Morgan fingerprint density at radius 3 is 2.76 bits per heavy atom. The average Bonchev–Trinajstić information content (AvgIpc) is 3.46. The molecule has 1 atom stereocenters. The molecule has 1 unspecified atom stereocenters. The molecule has 0 aliphatic carbocycles. The fourth-order valence-corrected chi connectivity index (χ4v) is 6.69. The number of hydrogen-bond acceptors (Lipinski definition) is 7. The van der Waals surface area contributed by atoms with Crippen molar-refractivity contribution in [3.8, 4) is 11.7 Å². The third-order valence-electron chi connectivity index (χ3n) is 5.34. The Morgan fingerprint density at radius 2 is 2.07 bits per heavy atom. The summed E-state index contributed by atoms with van der Waals surface area (Å²) in [6.07, 6.45) is 10.7. The van der Waals surface area contributed by atoms with Crippen molar-refractivity contribution in [3.05, 3.63) is 30.6 Å². The summed E-state index contributed by atoms with van der Waals surface area (Å²) in [4.78, 5) is 14.4. The van der Waals surface area contributed by atoms with Crippen LogP contribution < -0.4 is 4.74 Å². The number of carbonyl (C=O) groups excluding carboxylic acids is 1. The Balaban J connectivity index is 1.15. The zero-order valence-electron chi connectivity index (χ0n) is 16.5. The predicted octanol–water partition coefficient (Wildman–Crippen LogP) is 3.75. The van der Waals surface area contributed by atoms with E-state index in [4.69, 9.17) is 4.74 Å². The zero-order valence-corrected chi connectivity index (χ0v) is 18.1. The van der Waals surface area contributed by atoms with E-state index in [0.717, 1.165) is 44.0 Å². The summed E-state index contributed by atoms with van der Waals surface area (Å²) in [6.45, 7) is 1.52. The highest BCUT2D eigenvalue weighted by molar-refractivity contribution is 8.77. The maximum absolute atomic E-state index is 12.5. The molecular formula is C20H27N5O2S2. The molecule has 2 aromatic heterocycles. The van der Waals surface area contributed by atoms with Crippen LogP contribution in [0.15, 0.2) is 30.6 Å². The zero-order chi connectivity index (χ0) is 19.9. The van der Waals surface area contributed by atoms with Gasteiger partial charge in [-0.25, -0.2) is 4.68 Å². The lowest BCUT2D eigenvalue weighted by molar-refractivity contribution is -0.133. The van der Waals surface area contributed by atoms with Crippen LogP contribution in [0.2, 0.25) is 0 Å². The highest BCUT2D eigenvalue weighted by Crippen LogP contribution is 2.39. The molecule has 0 N–H and O–H groups in total. The van der Waals surface area contributed by atoms with Crippen molar-refractivity contribution >= 4 is 27.5 Å². The predicted molar refractivity (Wildman–Crippen MR) is 116 cm³/mol. The van der Waals surface area contributed by atoms with Crippen molar-refractivity contribution in [2.45, 2.75) is 56.3 Å². The van der Waals surface area contributed by atoms with Crippen LogP contribution >= 0.6 is 21.6 Å². The molecule has 0 aromatic carbocycles. The third kappa shape index (κ3) is 5.88. The third-order valence-corrected chi connectivity index (χ3v) is 8.35. The minimum Gasteiger partial charge on any atom is -0.473 e. The summed E-state index contributed by atoms with van der Waals surface area (Å²) in [7, 11) is 4.01. The number of unbranched alkanes of at least 4 members (excludes halogenated alkanes) is 1. The standard InChI is InChI=1S/C20H27N5O2S2/c26-20(5-2-1-4-17-10-15-28-29-17)24-13-8-16(9-14-24)27-19-7-6-18(22-23-19)25-12-3-11-21-25/h3,6-7,11-12,16-17H,1-2,4-5,8-10,13-15H2. The number of nitrogens with zero attached hydrogens (tertiary/aromatic N) is 5. The quantitative estimate of drug-likeness (QED) is 0.464. The van der Waals surface area contributed by atoms with Crippen molar-refractivity contribution in [1.29, 1.82) is 0 Å². The molecule has 0 radical (unpaired) electrons. The van der Waals surface area contributed by atoms with Crippen molar-refractivity contribution in [2.24, 2.45) is 0 Å². The van der Waals surface area contributed by atoms with Crippen LogP contribution in [0.1, 0.15) is 44.9 Å². The molecule has 2 aromatic rings. The molecule has 156 valence electrons. The van der Waals surface area contributed by atoms with Gasteiger partial charge in [-0.1, -0.05) is 28.0 Å². The largest absolute Gasteiger partial charge is 0.473 e. The summed E-state index contributed by atoms with van der Waals surface area (Å²) >= 11 is 0. The molecule has 4 heterocycles. The molecule has 7 nitrogen and oxygen atoms in total. The van der Waals surface area contributed by atoms with Gasteiger partial charge in [-0.2, -0.15) is 5.10 Å².